The maximum atomic E-state index is 11.5. The van der Waals surface area contributed by atoms with E-state index in [1.54, 1.807) is 14.1 Å². The van der Waals surface area contributed by atoms with Crippen LogP contribution in [0.1, 0.15) is 12.8 Å². The highest BCUT2D eigenvalue weighted by Gasteiger charge is 2.25. The lowest BCUT2D eigenvalue weighted by atomic mass is 10.2. The van der Waals surface area contributed by atoms with Gasteiger partial charge in [-0.2, -0.15) is 0 Å². The molecule has 0 unspecified atom stereocenters. The first-order valence-corrected chi connectivity index (χ1v) is 4.21. The van der Waals surface area contributed by atoms with Crippen molar-refractivity contribution in [1.29, 1.82) is 0 Å². The minimum Gasteiger partial charge on any atom is -0.306 e. The zero-order valence-electron chi connectivity index (χ0n) is 7.55. The Kier molecular flexibility index (Phi) is 3.46. The minimum absolute atomic E-state index is 0.0232. The van der Waals surface area contributed by atoms with Crippen LogP contribution >= 0.6 is 0 Å². The maximum Gasteiger partial charge on any atom is 0.268 e. The summed E-state index contributed by atoms with van der Waals surface area (Å²) >= 11 is 0. The fourth-order valence-electron chi connectivity index (χ4n) is 1.38. The molecule has 3 N–H and O–H groups in total. The van der Waals surface area contributed by atoms with Crippen LogP contribution in [0.5, 0.6) is 0 Å². The van der Waals surface area contributed by atoms with Crippen molar-refractivity contribution in [2.75, 3.05) is 20.6 Å². The van der Waals surface area contributed by atoms with Crippen LogP contribution in [0, 0.1) is 0 Å². The number of rotatable bonds is 3. The van der Waals surface area contributed by atoms with Gasteiger partial charge < -0.3 is 5.32 Å². The lowest BCUT2D eigenvalue weighted by Crippen LogP contribution is -2.54. The van der Waals surface area contributed by atoms with Gasteiger partial charge in [-0.3, -0.25) is 4.79 Å². The van der Waals surface area contributed by atoms with Gasteiger partial charge in [0.1, 0.15) is 0 Å². The number of hydrazine groups is 2. The highest BCUT2D eigenvalue weighted by atomic mass is 16.2. The topological polar surface area (TPSA) is 56.4 Å². The molecule has 1 aliphatic heterocycles. The molecule has 5 nitrogen and oxygen atoms in total. The first kappa shape index (κ1) is 9.44. The summed E-state index contributed by atoms with van der Waals surface area (Å²) < 4.78 is 0. The Hall–Kier alpha value is -0.650. The number of nitrogens with one attached hydrogen (secondary N) is 3. The van der Waals surface area contributed by atoms with Gasteiger partial charge in [0.05, 0.1) is 6.04 Å². The zero-order valence-corrected chi connectivity index (χ0v) is 7.55. The summed E-state index contributed by atoms with van der Waals surface area (Å²) in [6.07, 6.45) is 2.01. The van der Waals surface area contributed by atoms with E-state index in [1.807, 2.05) is 0 Å². The SMILES string of the molecule is CNN(NC)C(=O)[C@@H]1CCCN1. The molecule has 1 amide bonds. The fraction of sp³-hybridized carbons (Fsp3) is 0.857. The molecule has 0 radical (unpaired) electrons. The molecule has 0 saturated carbocycles. The largest absolute Gasteiger partial charge is 0.306 e. The van der Waals surface area contributed by atoms with Crippen molar-refractivity contribution in [1.82, 2.24) is 21.3 Å². The number of amides is 1. The smallest absolute Gasteiger partial charge is 0.268 e. The number of carbonyl (C=O) groups excluding carboxylic acids is 1. The van der Waals surface area contributed by atoms with Crippen LogP contribution in [0.4, 0.5) is 0 Å². The van der Waals surface area contributed by atoms with Gasteiger partial charge in [-0.15, -0.1) is 0 Å². The van der Waals surface area contributed by atoms with Crippen LogP contribution in [0.2, 0.25) is 0 Å². The summed E-state index contributed by atoms with van der Waals surface area (Å²) in [6.45, 7) is 0.942. The summed E-state index contributed by atoms with van der Waals surface area (Å²) in [4.78, 5) is 11.5. The normalized spacial score (nSPS) is 22.7. The van der Waals surface area contributed by atoms with Crippen LogP contribution in [-0.2, 0) is 4.79 Å². The first-order chi connectivity index (χ1) is 5.79. The molecule has 0 aliphatic carbocycles. The van der Waals surface area contributed by atoms with Crippen LogP contribution in [0.3, 0.4) is 0 Å². The van der Waals surface area contributed by atoms with Gasteiger partial charge in [-0.25, -0.2) is 16.0 Å². The van der Waals surface area contributed by atoms with E-state index in [2.05, 4.69) is 16.2 Å². The van der Waals surface area contributed by atoms with E-state index in [0.29, 0.717) is 0 Å². The predicted molar refractivity (Wildman–Crippen MR) is 46.0 cm³/mol. The molecule has 12 heavy (non-hydrogen) atoms. The van der Waals surface area contributed by atoms with E-state index >= 15 is 0 Å². The Morgan fingerprint density at radius 2 is 2.17 bits per heavy atom. The average molecular weight is 172 g/mol. The molecular formula is C7H16N4O. The summed E-state index contributed by atoms with van der Waals surface area (Å²) in [7, 11) is 3.42. The van der Waals surface area contributed by atoms with Crippen LogP contribution in [0.15, 0.2) is 0 Å². The van der Waals surface area contributed by atoms with Gasteiger partial charge in [0.2, 0.25) is 0 Å². The molecule has 1 rings (SSSR count). The fourth-order valence-corrected chi connectivity index (χ4v) is 1.38. The third-order valence-electron chi connectivity index (χ3n) is 2.03. The number of hydrogen-bond acceptors (Lipinski definition) is 4. The Labute approximate surface area is 72.4 Å². The van der Waals surface area contributed by atoms with Crippen molar-refractivity contribution in [2.45, 2.75) is 18.9 Å². The summed E-state index contributed by atoms with van der Waals surface area (Å²) in [6, 6.07) is -0.0232. The van der Waals surface area contributed by atoms with E-state index in [1.165, 1.54) is 5.12 Å². The van der Waals surface area contributed by atoms with E-state index < -0.39 is 0 Å². The van der Waals surface area contributed by atoms with Crippen molar-refractivity contribution in [3.05, 3.63) is 0 Å². The standard InChI is InChI=1S/C7H16N4O/c1-8-11(9-2)7(12)6-4-3-5-10-6/h6,8-10H,3-5H2,1-2H3/t6-/m0/s1. The highest BCUT2D eigenvalue weighted by Crippen LogP contribution is 2.06. The van der Waals surface area contributed by atoms with Crippen LogP contribution in [0.25, 0.3) is 0 Å². The van der Waals surface area contributed by atoms with Gasteiger partial charge in [-0.1, -0.05) is 0 Å². The van der Waals surface area contributed by atoms with Gasteiger partial charge in [0, 0.05) is 14.1 Å². The second-order valence-corrected chi connectivity index (χ2v) is 2.77. The summed E-state index contributed by atoms with van der Waals surface area (Å²) in [5, 5.41) is 4.53. The van der Waals surface area contributed by atoms with Gasteiger partial charge in [0.15, 0.2) is 0 Å². The third kappa shape index (κ3) is 1.94. The second-order valence-electron chi connectivity index (χ2n) is 2.77. The van der Waals surface area contributed by atoms with Crippen molar-refractivity contribution < 1.29 is 4.79 Å². The van der Waals surface area contributed by atoms with E-state index in [0.717, 1.165) is 19.4 Å². The number of carbonyl (C=O) groups is 1. The molecule has 0 aromatic carbocycles. The lowest BCUT2D eigenvalue weighted by molar-refractivity contribution is -0.139. The molecule has 5 heteroatoms. The van der Waals surface area contributed by atoms with E-state index in [-0.39, 0.29) is 11.9 Å². The average Bonchev–Trinajstić information content (AvgIpc) is 2.58. The molecule has 70 valence electrons. The van der Waals surface area contributed by atoms with Crippen LogP contribution < -0.4 is 16.2 Å². The lowest BCUT2D eigenvalue weighted by Gasteiger charge is -2.22. The monoisotopic (exact) mass is 172 g/mol. The molecule has 1 atom stereocenters. The Bertz CT molecular complexity index is 147. The van der Waals surface area contributed by atoms with Crippen LogP contribution in [-0.4, -0.2) is 37.7 Å². The zero-order chi connectivity index (χ0) is 8.97. The molecule has 1 aliphatic rings. The van der Waals surface area contributed by atoms with Crippen molar-refractivity contribution in [3.8, 4) is 0 Å². The van der Waals surface area contributed by atoms with Crippen molar-refractivity contribution in [2.24, 2.45) is 0 Å². The van der Waals surface area contributed by atoms with Crippen molar-refractivity contribution in [3.63, 3.8) is 0 Å². The number of nitrogens with zero attached hydrogens (tertiary/aromatic N) is 1. The molecule has 0 aromatic rings. The predicted octanol–water partition coefficient (Wildman–Crippen LogP) is -1.16. The second kappa shape index (κ2) is 4.39. The molecule has 0 bridgehead atoms. The third-order valence-corrected chi connectivity index (χ3v) is 2.03. The molecular weight excluding hydrogens is 156 g/mol. The summed E-state index contributed by atoms with van der Waals surface area (Å²) in [5.74, 6) is 0.0532. The van der Waals surface area contributed by atoms with E-state index in [9.17, 15) is 4.79 Å². The quantitative estimate of drug-likeness (QED) is 0.470. The molecule has 1 fully saturated rings. The molecule has 1 heterocycles. The summed E-state index contributed by atoms with van der Waals surface area (Å²) in [5.41, 5.74) is 5.52. The molecule has 0 spiro atoms. The molecule has 0 aromatic heterocycles. The Balaban J connectivity index is 2.43. The Morgan fingerprint density at radius 1 is 1.50 bits per heavy atom. The van der Waals surface area contributed by atoms with Gasteiger partial charge in [-0.05, 0) is 19.4 Å². The minimum atomic E-state index is -0.0232. The number of hydrogen-bond donors (Lipinski definition) is 3. The molecule has 1 saturated heterocycles. The highest BCUT2D eigenvalue weighted by molar-refractivity contribution is 5.81. The van der Waals surface area contributed by atoms with Gasteiger partial charge >= 0.3 is 0 Å². The van der Waals surface area contributed by atoms with Crippen molar-refractivity contribution >= 4 is 5.91 Å². The van der Waals surface area contributed by atoms with E-state index in [4.69, 9.17) is 0 Å². The maximum absolute atomic E-state index is 11.5. The Morgan fingerprint density at radius 3 is 2.58 bits per heavy atom. The van der Waals surface area contributed by atoms with Gasteiger partial charge in [0.25, 0.3) is 5.91 Å². The first-order valence-electron chi connectivity index (χ1n) is 4.21.